The van der Waals surface area contributed by atoms with Gasteiger partial charge in [0.15, 0.2) is 6.61 Å². The van der Waals surface area contributed by atoms with Crippen molar-refractivity contribution >= 4 is 29.4 Å². The van der Waals surface area contributed by atoms with Crippen molar-refractivity contribution in [2.24, 2.45) is 0 Å². The topological polar surface area (TPSA) is 77.4 Å². The van der Waals surface area contributed by atoms with Gasteiger partial charge in [-0.3, -0.25) is 9.59 Å². The molecule has 0 spiro atoms. The Bertz CT molecular complexity index is 1060. The predicted molar refractivity (Wildman–Crippen MR) is 141 cm³/mol. The van der Waals surface area contributed by atoms with Crippen LogP contribution >= 0.6 is 11.8 Å². The summed E-state index contributed by atoms with van der Waals surface area (Å²) in [5.41, 5.74) is 4.49. The summed E-state index contributed by atoms with van der Waals surface area (Å²) >= 11 is 1.58. The van der Waals surface area contributed by atoms with E-state index in [0.717, 1.165) is 30.8 Å². The Kier molecular flexibility index (Phi) is 10.2. The van der Waals surface area contributed by atoms with Crippen LogP contribution in [0.15, 0.2) is 48.0 Å². The smallest absolute Gasteiger partial charge is 0.329 e. The molecule has 1 aliphatic rings. The van der Waals surface area contributed by atoms with Gasteiger partial charge in [-0.05, 0) is 82.6 Å². The Morgan fingerprint density at radius 3 is 2.60 bits per heavy atom. The van der Waals surface area contributed by atoms with Crippen molar-refractivity contribution in [1.82, 2.24) is 9.88 Å². The first-order valence-corrected chi connectivity index (χ1v) is 13.7. The van der Waals surface area contributed by atoms with Crippen LogP contribution in [0.2, 0.25) is 0 Å². The number of amides is 1. The molecule has 0 bridgehead atoms. The molecule has 6 nitrogen and oxygen atoms in total. The van der Waals surface area contributed by atoms with Gasteiger partial charge in [0.05, 0.1) is 0 Å². The molecule has 0 aliphatic heterocycles. The summed E-state index contributed by atoms with van der Waals surface area (Å²) in [6.45, 7) is 4.45. The molecule has 7 heteroatoms. The number of rotatable bonds is 12. The second-order valence-electron chi connectivity index (χ2n) is 9.00. The standard InChI is InChI=1S/C28H36N2O4S/c1-20-18-24(21(2)30(20)16-14-22-10-6-4-7-11-22)26(31)19-34-28(33)25(15-17-35-3)29-27(32)23-12-8-5-9-13-23/h5,8-10,12-13,18,25H,4,6-7,11,14-17,19H2,1-3H3,(H,29,32). The first-order chi connectivity index (χ1) is 16.9. The number of nitrogens with one attached hydrogen (secondary N) is 1. The lowest BCUT2D eigenvalue weighted by atomic mass is 9.97. The van der Waals surface area contributed by atoms with Crippen LogP contribution in [0, 0.1) is 13.8 Å². The van der Waals surface area contributed by atoms with E-state index in [1.165, 1.54) is 24.8 Å². The molecular formula is C28H36N2O4S. The summed E-state index contributed by atoms with van der Waals surface area (Å²) in [6.07, 6.45) is 10.6. The predicted octanol–water partition coefficient (Wildman–Crippen LogP) is 5.27. The Morgan fingerprint density at radius 2 is 1.91 bits per heavy atom. The Hall–Kier alpha value is -2.80. The summed E-state index contributed by atoms with van der Waals surface area (Å²) in [7, 11) is 0. The van der Waals surface area contributed by atoms with E-state index in [2.05, 4.69) is 16.0 Å². The van der Waals surface area contributed by atoms with Gasteiger partial charge < -0.3 is 14.6 Å². The molecule has 1 atom stereocenters. The lowest BCUT2D eigenvalue weighted by Crippen LogP contribution is -2.42. The molecule has 0 radical (unpaired) electrons. The third-order valence-corrected chi connectivity index (χ3v) is 7.14. The fraction of sp³-hybridized carbons (Fsp3) is 0.464. The zero-order valence-electron chi connectivity index (χ0n) is 21.0. The zero-order valence-corrected chi connectivity index (χ0v) is 21.8. The molecular weight excluding hydrogens is 460 g/mol. The second kappa shape index (κ2) is 13.3. The summed E-state index contributed by atoms with van der Waals surface area (Å²) in [5, 5.41) is 2.76. The van der Waals surface area contributed by atoms with Gasteiger partial charge in [0, 0.05) is 29.1 Å². The number of hydrogen-bond acceptors (Lipinski definition) is 5. The number of ketones is 1. The lowest BCUT2D eigenvalue weighted by molar-refractivity contribution is -0.144. The number of thioether (sulfide) groups is 1. The monoisotopic (exact) mass is 496 g/mol. The van der Waals surface area contributed by atoms with Gasteiger partial charge >= 0.3 is 5.97 Å². The van der Waals surface area contributed by atoms with Crippen molar-refractivity contribution in [1.29, 1.82) is 0 Å². The van der Waals surface area contributed by atoms with E-state index in [1.54, 1.807) is 36.0 Å². The summed E-state index contributed by atoms with van der Waals surface area (Å²) in [6, 6.07) is 9.82. The number of aryl methyl sites for hydroxylation is 1. The zero-order chi connectivity index (χ0) is 25.2. The summed E-state index contributed by atoms with van der Waals surface area (Å²) < 4.78 is 7.56. The molecule has 1 aromatic heterocycles. The van der Waals surface area contributed by atoms with Gasteiger partial charge in [0.2, 0.25) is 5.78 Å². The highest BCUT2D eigenvalue weighted by Gasteiger charge is 2.24. The van der Waals surface area contributed by atoms with E-state index in [9.17, 15) is 14.4 Å². The summed E-state index contributed by atoms with van der Waals surface area (Å²) in [4.78, 5) is 38.2. The van der Waals surface area contributed by atoms with E-state index in [4.69, 9.17) is 4.74 Å². The molecule has 1 aromatic carbocycles. The molecule has 0 saturated carbocycles. The molecule has 1 N–H and O–H groups in total. The quantitative estimate of drug-likeness (QED) is 0.246. The number of carbonyl (C=O) groups is 3. The number of Topliss-reactive ketones (excluding diaryl/α,β-unsaturated/α-hetero) is 1. The number of esters is 1. The molecule has 2 aromatic rings. The van der Waals surface area contributed by atoms with Crippen LogP contribution in [-0.2, 0) is 16.1 Å². The van der Waals surface area contributed by atoms with E-state index in [0.29, 0.717) is 23.3 Å². The number of aromatic nitrogens is 1. The van der Waals surface area contributed by atoms with Crippen LogP contribution in [-0.4, -0.2) is 46.9 Å². The van der Waals surface area contributed by atoms with Crippen LogP contribution in [0.4, 0.5) is 0 Å². The van der Waals surface area contributed by atoms with Crippen LogP contribution in [0.1, 0.15) is 70.6 Å². The highest BCUT2D eigenvalue weighted by Crippen LogP contribution is 2.23. The molecule has 1 heterocycles. The van der Waals surface area contributed by atoms with E-state index in [1.807, 2.05) is 32.2 Å². The maximum Gasteiger partial charge on any atom is 0.329 e. The van der Waals surface area contributed by atoms with Crippen molar-refractivity contribution in [2.75, 3.05) is 18.6 Å². The largest absolute Gasteiger partial charge is 0.456 e. The molecule has 3 rings (SSSR count). The van der Waals surface area contributed by atoms with Gasteiger partial charge in [0.25, 0.3) is 5.91 Å². The van der Waals surface area contributed by atoms with E-state index in [-0.39, 0.29) is 18.3 Å². The number of allylic oxidation sites excluding steroid dienone is 2. The van der Waals surface area contributed by atoms with Crippen LogP contribution in [0.3, 0.4) is 0 Å². The number of hydrogen-bond donors (Lipinski definition) is 1. The first kappa shape index (κ1) is 26.8. The average Bonchev–Trinajstić information content (AvgIpc) is 3.17. The first-order valence-electron chi connectivity index (χ1n) is 12.3. The van der Waals surface area contributed by atoms with E-state index >= 15 is 0 Å². The van der Waals surface area contributed by atoms with Gasteiger partial charge in [0.1, 0.15) is 6.04 Å². The number of benzene rings is 1. The SMILES string of the molecule is CSCCC(NC(=O)c1ccccc1)C(=O)OCC(=O)c1cc(C)n(CCC2=CCCCC2)c1C. The van der Waals surface area contributed by atoms with Gasteiger partial charge in [-0.25, -0.2) is 4.79 Å². The Morgan fingerprint density at radius 1 is 1.14 bits per heavy atom. The maximum atomic E-state index is 12.9. The van der Waals surface area contributed by atoms with Crippen molar-refractivity contribution in [3.05, 3.63) is 70.6 Å². The average molecular weight is 497 g/mol. The van der Waals surface area contributed by atoms with Crippen LogP contribution < -0.4 is 5.32 Å². The normalized spacial score (nSPS) is 14.2. The number of nitrogens with zero attached hydrogens (tertiary/aromatic N) is 1. The minimum Gasteiger partial charge on any atom is -0.456 e. The maximum absolute atomic E-state index is 12.9. The number of ether oxygens (including phenoxy) is 1. The van der Waals surface area contributed by atoms with Crippen LogP contribution in [0.5, 0.6) is 0 Å². The van der Waals surface area contributed by atoms with E-state index < -0.39 is 12.0 Å². The number of carbonyl (C=O) groups excluding carboxylic acids is 3. The van der Waals surface area contributed by atoms with Gasteiger partial charge in [-0.2, -0.15) is 11.8 Å². The molecule has 1 aliphatic carbocycles. The molecule has 35 heavy (non-hydrogen) atoms. The highest BCUT2D eigenvalue weighted by atomic mass is 32.2. The Labute approximate surface area is 212 Å². The molecule has 188 valence electrons. The highest BCUT2D eigenvalue weighted by molar-refractivity contribution is 7.98. The van der Waals surface area contributed by atoms with Gasteiger partial charge in [-0.1, -0.05) is 29.8 Å². The minimum atomic E-state index is -0.806. The fourth-order valence-corrected chi connectivity index (χ4v) is 4.92. The minimum absolute atomic E-state index is 0.229. The van der Waals surface area contributed by atoms with Crippen LogP contribution in [0.25, 0.3) is 0 Å². The third kappa shape index (κ3) is 7.59. The van der Waals surface area contributed by atoms with Crippen molar-refractivity contribution < 1.29 is 19.1 Å². The van der Waals surface area contributed by atoms with Gasteiger partial charge in [-0.15, -0.1) is 0 Å². The molecule has 1 unspecified atom stereocenters. The fourth-order valence-electron chi connectivity index (χ4n) is 4.45. The molecule has 1 amide bonds. The molecule has 0 saturated heterocycles. The van der Waals surface area contributed by atoms with Crippen molar-refractivity contribution in [3.8, 4) is 0 Å². The second-order valence-corrected chi connectivity index (χ2v) is 9.98. The lowest BCUT2D eigenvalue weighted by Gasteiger charge is -2.17. The Balaban J connectivity index is 1.59. The van der Waals surface area contributed by atoms with Crippen molar-refractivity contribution in [3.63, 3.8) is 0 Å². The van der Waals surface area contributed by atoms with Crippen molar-refractivity contribution in [2.45, 2.75) is 65.0 Å². The molecule has 0 fully saturated rings. The summed E-state index contributed by atoms with van der Waals surface area (Å²) in [5.74, 6) is -0.473. The third-order valence-electron chi connectivity index (χ3n) is 6.50.